The second-order valence-corrected chi connectivity index (χ2v) is 7.39. The number of carbonyl (C=O) groups excluding carboxylic acids is 1. The van der Waals surface area contributed by atoms with Crippen molar-refractivity contribution in [1.29, 1.82) is 0 Å². The summed E-state index contributed by atoms with van der Waals surface area (Å²) in [7, 11) is 0. The molecule has 1 aliphatic heterocycles. The highest BCUT2D eigenvalue weighted by Gasteiger charge is 2.29. The number of hydrogen-bond acceptors (Lipinski definition) is 7. The highest BCUT2D eigenvalue weighted by molar-refractivity contribution is 5.77. The van der Waals surface area contributed by atoms with Crippen LogP contribution in [0.3, 0.4) is 0 Å². The number of piperidine rings is 1. The van der Waals surface area contributed by atoms with Crippen LogP contribution in [0.15, 0.2) is 9.05 Å². The number of likely N-dealkylation sites (tertiary alicyclic amines) is 1. The Morgan fingerprint density at radius 2 is 1.77 bits per heavy atom. The van der Waals surface area contributed by atoms with Gasteiger partial charge in [-0.05, 0) is 32.6 Å². The van der Waals surface area contributed by atoms with Crippen molar-refractivity contribution in [2.45, 2.75) is 70.1 Å². The molecule has 26 heavy (non-hydrogen) atoms. The lowest BCUT2D eigenvalue weighted by atomic mass is 9.89. The largest absolute Gasteiger partial charge is 0.342 e. The van der Waals surface area contributed by atoms with Gasteiger partial charge in [0.1, 0.15) is 6.42 Å². The van der Waals surface area contributed by atoms with Crippen LogP contribution in [0.25, 0.3) is 0 Å². The van der Waals surface area contributed by atoms with Crippen LogP contribution in [0, 0.1) is 6.92 Å². The van der Waals surface area contributed by atoms with Crippen LogP contribution in [0.2, 0.25) is 0 Å². The third-order valence-corrected chi connectivity index (χ3v) is 5.50. The van der Waals surface area contributed by atoms with E-state index in [-0.39, 0.29) is 18.2 Å². The molecule has 0 N–H and O–H groups in total. The normalized spacial score (nSPS) is 19.8. The molecular weight excluding hydrogens is 334 g/mol. The summed E-state index contributed by atoms with van der Waals surface area (Å²) in [5.74, 6) is 3.28. The number of amides is 1. The molecule has 2 aliphatic rings. The van der Waals surface area contributed by atoms with Crippen molar-refractivity contribution in [3.63, 3.8) is 0 Å². The number of rotatable bonds is 4. The predicted octanol–water partition coefficient (Wildman–Crippen LogP) is 2.76. The van der Waals surface area contributed by atoms with Crippen molar-refractivity contribution in [2.75, 3.05) is 13.1 Å². The molecule has 1 saturated carbocycles. The molecule has 140 valence electrons. The van der Waals surface area contributed by atoms with Gasteiger partial charge in [0.15, 0.2) is 11.6 Å². The van der Waals surface area contributed by atoms with Crippen molar-refractivity contribution in [1.82, 2.24) is 25.2 Å². The van der Waals surface area contributed by atoms with Crippen LogP contribution in [0.1, 0.15) is 80.2 Å². The van der Waals surface area contributed by atoms with E-state index in [1.54, 1.807) is 6.92 Å². The van der Waals surface area contributed by atoms with Gasteiger partial charge < -0.3 is 13.9 Å². The Kier molecular flexibility index (Phi) is 4.99. The van der Waals surface area contributed by atoms with Crippen LogP contribution in [0.4, 0.5) is 0 Å². The van der Waals surface area contributed by atoms with Crippen LogP contribution in [0.5, 0.6) is 0 Å². The summed E-state index contributed by atoms with van der Waals surface area (Å²) in [6, 6.07) is 0. The lowest BCUT2D eigenvalue weighted by Gasteiger charge is -2.30. The van der Waals surface area contributed by atoms with Gasteiger partial charge in [0.05, 0.1) is 0 Å². The molecule has 1 amide bonds. The zero-order valence-corrected chi connectivity index (χ0v) is 15.2. The molecule has 0 aromatic carbocycles. The summed E-state index contributed by atoms with van der Waals surface area (Å²) in [6.07, 6.45) is 8.03. The SMILES string of the molecule is Cc1noc(CC(=O)N2CCC(c3nc(C4CCCCC4)no3)CC2)n1. The Labute approximate surface area is 152 Å². The van der Waals surface area contributed by atoms with E-state index < -0.39 is 0 Å². The fraction of sp³-hybridized carbons (Fsp3) is 0.722. The lowest BCUT2D eigenvalue weighted by molar-refractivity contribution is -0.132. The van der Waals surface area contributed by atoms with Crippen LogP contribution >= 0.6 is 0 Å². The first-order valence-corrected chi connectivity index (χ1v) is 9.59. The van der Waals surface area contributed by atoms with Crippen LogP contribution < -0.4 is 0 Å². The minimum atomic E-state index is 0.0283. The van der Waals surface area contributed by atoms with E-state index in [9.17, 15) is 4.79 Å². The Bertz CT molecular complexity index is 742. The minimum Gasteiger partial charge on any atom is -0.342 e. The van der Waals surface area contributed by atoms with Crippen molar-refractivity contribution in [3.8, 4) is 0 Å². The number of carbonyl (C=O) groups is 1. The molecule has 0 atom stereocenters. The fourth-order valence-corrected chi connectivity index (χ4v) is 3.97. The Morgan fingerprint density at radius 3 is 2.46 bits per heavy atom. The van der Waals surface area contributed by atoms with Crippen molar-refractivity contribution in [3.05, 3.63) is 23.4 Å². The molecule has 8 heteroatoms. The number of hydrogen-bond donors (Lipinski definition) is 0. The number of aryl methyl sites for hydroxylation is 1. The predicted molar refractivity (Wildman–Crippen MR) is 91.4 cm³/mol. The van der Waals surface area contributed by atoms with E-state index in [4.69, 9.17) is 9.05 Å². The first kappa shape index (κ1) is 17.2. The Balaban J connectivity index is 1.30. The van der Waals surface area contributed by atoms with Gasteiger partial charge in [0.2, 0.25) is 17.7 Å². The zero-order valence-electron chi connectivity index (χ0n) is 15.2. The van der Waals surface area contributed by atoms with E-state index in [1.165, 1.54) is 32.1 Å². The molecule has 1 aliphatic carbocycles. The monoisotopic (exact) mass is 359 g/mol. The van der Waals surface area contributed by atoms with Gasteiger partial charge in [-0.2, -0.15) is 9.97 Å². The highest BCUT2D eigenvalue weighted by Crippen LogP contribution is 2.33. The van der Waals surface area contributed by atoms with Crippen LogP contribution in [-0.2, 0) is 11.2 Å². The zero-order chi connectivity index (χ0) is 17.9. The summed E-state index contributed by atoms with van der Waals surface area (Å²) in [5.41, 5.74) is 0. The Hall–Kier alpha value is -2.25. The van der Waals surface area contributed by atoms with E-state index in [1.807, 2.05) is 4.90 Å². The van der Waals surface area contributed by atoms with Gasteiger partial charge in [-0.25, -0.2) is 0 Å². The summed E-state index contributed by atoms with van der Waals surface area (Å²) in [5, 5.41) is 7.96. The molecule has 0 radical (unpaired) electrons. The molecule has 4 rings (SSSR count). The van der Waals surface area contributed by atoms with Crippen molar-refractivity contribution >= 4 is 5.91 Å². The lowest BCUT2D eigenvalue weighted by Crippen LogP contribution is -2.38. The average Bonchev–Trinajstić information content (AvgIpc) is 3.32. The van der Waals surface area contributed by atoms with Gasteiger partial charge in [-0.3, -0.25) is 4.79 Å². The smallest absolute Gasteiger partial charge is 0.236 e. The molecule has 0 bridgehead atoms. The third-order valence-electron chi connectivity index (χ3n) is 5.50. The summed E-state index contributed by atoms with van der Waals surface area (Å²) >= 11 is 0. The molecule has 0 spiro atoms. The van der Waals surface area contributed by atoms with Gasteiger partial charge >= 0.3 is 0 Å². The van der Waals surface area contributed by atoms with Crippen molar-refractivity contribution in [2.24, 2.45) is 0 Å². The molecule has 0 unspecified atom stereocenters. The topological polar surface area (TPSA) is 98.2 Å². The van der Waals surface area contributed by atoms with Gasteiger partial charge in [-0.1, -0.05) is 29.6 Å². The Morgan fingerprint density at radius 1 is 1.00 bits per heavy atom. The maximum atomic E-state index is 12.4. The highest BCUT2D eigenvalue weighted by atomic mass is 16.5. The molecule has 2 aromatic rings. The molecule has 2 aromatic heterocycles. The molecular formula is C18H25N5O3. The molecule has 8 nitrogen and oxygen atoms in total. The minimum absolute atomic E-state index is 0.0283. The third kappa shape index (κ3) is 3.78. The molecule has 1 saturated heterocycles. The van der Waals surface area contributed by atoms with Crippen molar-refractivity contribution < 1.29 is 13.8 Å². The fourth-order valence-electron chi connectivity index (χ4n) is 3.97. The first-order valence-electron chi connectivity index (χ1n) is 9.59. The average molecular weight is 359 g/mol. The van der Waals surface area contributed by atoms with Gasteiger partial charge in [0.25, 0.3) is 0 Å². The summed E-state index contributed by atoms with van der Waals surface area (Å²) in [6.45, 7) is 3.13. The van der Waals surface area contributed by atoms with Gasteiger partial charge in [-0.15, -0.1) is 0 Å². The molecule has 2 fully saturated rings. The van der Waals surface area contributed by atoms with E-state index in [2.05, 4.69) is 20.3 Å². The van der Waals surface area contributed by atoms with E-state index in [0.717, 1.165) is 24.6 Å². The number of aromatic nitrogens is 4. The number of nitrogens with zero attached hydrogens (tertiary/aromatic N) is 5. The quantitative estimate of drug-likeness (QED) is 0.827. The summed E-state index contributed by atoms with van der Waals surface area (Å²) in [4.78, 5) is 23.0. The second-order valence-electron chi connectivity index (χ2n) is 7.39. The molecule has 3 heterocycles. The van der Waals surface area contributed by atoms with Gasteiger partial charge in [0, 0.05) is 24.9 Å². The first-order chi connectivity index (χ1) is 12.7. The second kappa shape index (κ2) is 7.55. The maximum Gasteiger partial charge on any atom is 0.236 e. The summed E-state index contributed by atoms with van der Waals surface area (Å²) < 4.78 is 10.6. The van der Waals surface area contributed by atoms with Crippen LogP contribution in [-0.4, -0.2) is 44.2 Å². The van der Waals surface area contributed by atoms with E-state index >= 15 is 0 Å². The van der Waals surface area contributed by atoms with E-state index in [0.29, 0.717) is 30.7 Å². The maximum absolute atomic E-state index is 12.4. The standard InChI is InChI=1S/C18H25N5O3/c1-12-19-15(25-21-12)11-16(24)23-9-7-14(8-10-23)18-20-17(22-26-18)13-5-3-2-4-6-13/h13-14H,2-11H2,1H3.